The fraction of sp³-hybridized carbons (Fsp3) is 0.133. The minimum atomic E-state index is -0.500. The van der Waals surface area contributed by atoms with Crippen LogP contribution in [0.3, 0.4) is 0 Å². The Labute approximate surface area is 148 Å². The molecule has 0 spiro atoms. The Kier molecular flexibility index (Phi) is 5.87. The van der Waals surface area contributed by atoms with Crippen LogP contribution in [0, 0.1) is 5.82 Å². The molecule has 122 valence electrons. The third-order valence-electron chi connectivity index (χ3n) is 2.90. The maximum Gasteiger partial charge on any atom is 0.175 e. The van der Waals surface area contributed by atoms with Crippen LogP contribution in [0.4, 0.5) is 15.8 Å². The number of ether oxygens (including phenoxy) is 2. The first-order valence-corrected chi connectivity index (χ1v) is 7.55. The quantitative estimate of drug-likeness (QED) is 0.740. The first-order chi connectivity index (χ1) is 10.9. The van der Waals surface area contributed by atoms with Crippen LogP contribution in [0.15, 0.2) is 30.3 Å². The highest BCUT2D eigenvalue weighted by Crippen LogP contribution is 2.36. The summed E-state index contributed by atoms with van der Waals surface area (Å²) in [6.45, 7) is 0. The molecule has 8 heteroatoms. The van der Waals surface area contributed by atoms with Gasteiger partial charge in [0.2, 0.25) is 0 Å². The Morgan fingerprint density at radius 3 is 2.30 bits per heavy atom. The molecule has 2 N–H and O–H groups in total. The summed E-state index contributed by atoms with van der Waals surface area (Å²) in [5, 5.41) is 6.53. The largest absolute Gasteiger partial charge is 0.495 e. The molecule has 2 rings (SSSR count). The lowest BCUT2D eigenvalue weighted by atomic mass is 10.2. The maximum atomic E-state index is 13.1. The van der Waals surface area contributed by atoms with E-state index in [4.69, 9.17) is 44.9 Å². The van der Waals surface area contributed by atoms with Gasteiger partial charge in [-0.3, -0.25) is 0 Å². The second-order valence-corrected chi connectivity index (χ2v) is 5.62. The molecule has 0 aliphatic carbocycles. The van der Waals surface area contributed by atoms with Gasteiger partial charge >= 0.3 is 0 Å². The zero-order valence-corrected chi connectivity index (χ0v) is 14.6. The highest BCUT2D eigenvalue weighted by atomic mass is 35.5. The Bertz CT molecular complexity index is 744. The molecule has 0 fully saturated rings. The zero-order chi connectivity index (χ0) is 17.0. The number of nitrogens with one attached hydrogen (secondary N) is 2. The summed E-state index contributed by atoms with van der Waals surface area (Å²) in [6, 6.07) is 7.47. The van der Waals surface area contributed by atoms with Gasteiger partial charge in [-0.1, -0.05) is 23.2 Å². The number of thiocarbonyl (C=S) groups is 1. The summed E-state index contributed by atoms with van der Waals surface area (Å²) in [7, 11) is 3.03. The van der Waals surface area contributed by atoms with E-state index >= 15 is 0 Å². The zero-order valence-electron chi connectivity index (χ0n) is 12.2. The molecule has 0 unspecified atom stereocenters. The third kappa shape index (κ3) is 4.37. The van der Waals surface area contributed by atoms with Crippen molar-refractivity contribution >= 4 is 51.9 Å². The normalized spacial score (nSPS) is 10.1. The van der Waals surface area contributed by atoms with Gasteiger partial charge in [-0.2, -0.15) is 0 Å². The summed E-state index contributed by atoms with van der Waals surface area (Å²) < 4.78 is 23.5. The summed E-state index contributed by atoms with van der Waals surface area (Å²) in [5.74, 6) is 0.491. The molecule has 0 radical (unpaired) electrons. The van der Waals surface area contributed by atoms with Crippen molar-refractivity contribution in [1.29, 1.82) is 0 Å². The van der Waals surface area contributed by atoms with E-state index in [-0.39, 0.29) is 10.1 Å². The predicted molar refractivity (Wildman–Crippen MR) is 95.8 cm³/mol. The third-order valence-corrected chi connectivity index (χ3v) is 3.69. The molecule has 0 aliphatic heterocycles. The summed E-state index contributed by atoms with van der Waals surface area (Å²) in [6.07, 6.45) is 0. The molecular formula is C15H13Cl2FN2O2S. The molecule has 0 amide bonds. The molecule has 0 aliphatic rings. The highest BCUT2D eigenvalue weighted by Gasteiger charge is 2.11. The minimum Gasteiger partial charge on any atom is -0.495 e. The Hall–Kier alpha value is -1.76. The van der Waals surface area contributed by atoms with Gasteiger partial charge in [0.15, 0.2) is 5.11 Å². The van der Waals surface area contributed by atoms with E-state index in [1.165, 1.54) is 32.4 Å². The van der Waals surface area contributed by atoms with Crippen LogP contribution in [0.5, 0.6) is 11.5 Å². The lowest BCUT2D eigenvalue weighted by molar-refractivity contribution is 0.396. The van der Waals surface area contributed by atoms with Crippen LogP contribution < -0.4 is 20.1 Å². The van der Waals surface area contributed by atoms with Gasteiger partial charge in [0.1, 0.15) is 17.3 Å². The fourth-order valence-electron chi connectivity index (χ4n) is 1.82. The minimum absolute atomic E-state index is 0.00266. The van der Waals surface area contributed by atoms with E-state index < -0.39 is 5.82 Å². The van der Waals surface area contributed by atoms with Crippen molar-refractivity contribution in [2.45, 2.75) is 0 Å². The number of halogens is 3. The number of anilines is 2. The lowest BCUT2D eigenvalue weighted by Gasteiger charge is -2.15. The number of hydrogen-bond acceptors (Lipinski definition) is 3. The van der Waals surface area contributed by atoms with Gasteiger partial charge in [0.25, 0.3) is 0 Å². The topological polar surface area (TPSA) is 42.5 Å². The van der Waals surface area contributed by atoms with Crippen molar-refractivity contribution in [2.75, 3.05) is 24.9 Å². The molecule has 0 saturated heterocycles. The Morgan fingerprint density at radius 1 is 1.00 bits per heavy atom. The summed E-state index contributed by atoms with van der Waals surface area (Å²) >= 11 is 17.0. The Morgan fingerprint density at radius 2 is 1.70 bits per heavy atom. The number of rotatable bonds is 4. The molecular weight excluding hydrogens is 362 g/mol. The first-order valence-electron chi connectivity index (χ1n) is 6.39. The molecule has 0 heterocycles. The number of benzene rings is 2. The molecule has 23 heavy (non-hydrogen) atoms. The Balaban J connectivity index is 2.16. The molecule has 0 aromatic heterocycles. The second-order valence-electron chi connectivity index (χ2n) is 4.40. The van der Waals surface area contributed by atoms with Crippen LogP contribution in [0.1, 0.15) is 0 Å². The summed E-state index contributed by atoms with van der Waals surface area (Å²) in [4.78, 5) is 0. The van der Waals surface area contributed by atoms with Crippen LogP contribution in [-0.2, 0) is 0 Å². The second kappa shape index (κ2) is 7.68. The first kappa shape index (κ1) is 17.6. The van der Waals surface area contributed by atoms with Crippen LogP contribution >= 0.6 is 35.4 Å². The molecule has 4 nitrogen and oxygen atoms in total. The van der Waals surface area contributed by atoms with Gasteiger partial charge in [-0.05, 0) is 36.5 Å². The molecule has 2 aromatic rings. The molecule has 0 saturated carbocycles. The van der Waals surface area contributed by atoms with Crippen molar-refractivity contribution in [3.63, 3.8) is 0 Å². The van der Waals surface area contributed by atoms with E-state index in [1.54, 1.807) is 12.1 Å². The SMILES string of the molecule is COc1cc(OC)c(NC(=S)Nc2ccc(F)c(Cl)c2)cc1Cl. The predicted octanol–water partition coefficient (Wildman–Crippen LogP) is 4.96. The van der Waals surface area contributed by atoms with Crippen molar-refractivity contribution in [2.24, 2.45) is 0 Å². The maximum absolute atomic E-state index is 13.1. The van der Waals surface area contributed by atoms with Gasteiger partial charge < -0.3 is 20.1 Å². The number of methoxy groups -OCH3 is 2. The molecule has 0 atom stereocenters. The smallest absolute Gasteiger partial charge is 0.175 e. The molecule has 0 bridgehead atoms. The van der Waals surface area contributed by atoms with Gasteiger partial charge in [-0.15, -0.1) is 0 Å². The summed E-state index contributed by atoms with van der Waals surface area (Å²) in [5.41, 5.74) is 1.11. The van der Waals surface area contributed by atoms with Crippen molar-refractivity contribution < 1.29 is 13.9 Å². The fourth-order valence-corrected chi connectivity index (χ4v) is 2.47. The van der Waals surface area contributed by atoms with E-state index in [9.17, 15) is 4.39 Å². The van der Waals surface area contributed by atoms with E-state index in [2.05, 4.69) is 10.6 Å². The average molecular weight is 375 g/mol. The van der Waals surface area contributed by atoms with Crippen LogP contribution in [-0.4, -0.2) is 19.3 Å². The van der Waals surface area contributed by atoms with Gasteiger partial charge in [0.05, 0.1) is 30.0 Å². The van der Waals surface area contributed by atoms with E-state index in [0.29, 0.717) is 27.9 Å². The standard InChI is InChI=1S/C15H13Cl2FN2O2S/c1-21-13-7-14(22-2)12(6-10(13)17)20-15(23)19-8-3-4-11(18)9(16)5-8/h3-7H,1-2H3,(H2,19,20,23). The van der Waals surface area contributed by atoms with E-state index in [1.807, 2.05) is 0 Å². The highest BCUT2D eigenvalue weighted by molar-refractivity contribution is 7.80. The van der Waals surface area contributed by atoms with Gasteiger partial charge in [-0.25, -0.2) is 4.39 Å². The van der Waals surface area contributed by atoms with E-state index in [0.717, 1.165) is 0 Å². The monoisotopic (exact) mass is 374 g/mol. The van der Waals surface area contributed by atoms with Crippen LogP contribution in [0.2, 0.25) is 10.0 Å². The van der Waals surface area contributed by atoms with Crippen molar-refractivity contribution in [3.8, 4) is 11.5 Å². The van der Waals surface area contributed by atoms with Crippen molar-refractivity contribution in [3.05, 3.63) is 46.2 Å². The van der Waals surface area contributed by atoms with Gasteiger partial charge in [0, 0.05) is 11.8 Å². The van der Waals surface area contributed by atoms with Crippen molar-refractivity contribution in [1.82, 2.24) is 0 Å². The molecule has 2 aromatic carbocycles. The number of hydrogen-bond donors (Lipinski definition) is 2. The average Bonchev–Trinajstić information content (AvgIpc) is 2.51. The van der Waals surface area contributed by atoms with Crippen LogP contribution in [0.25, 0.3) is 0 Å². The lowest BCUT2D eigenvalue weighted by Crippen LogP contribution is -2.19.